The van der Waals surface area contributed by atoms with Crippen molar-refractivity contribution in [3.8, 4) is 0 Å². The van der Waals surface area contributed by atoms with Gasteiger partial charge >= 0.3 is 0 Å². The van der Waals surface area contributed by atoms with Crippen molar-refractivity contribution in [1.29, 1.82) is 0 Å². The van der Waals surface area contributed by atoms with Crippen LogP contribution in [-0.4, -0.2) is 22.8 Å². The topological polar surface area (TPSA) is 33.2 Å². The number of carbonyl (C=O) groups excluding carboxylic acids is 1. The van der Waals surface area contributed by atoms with Crippen molar-refractivity contribution in [2.75, 3.05) is 7.05 Å². The zero-order valence-corrected chi connectivity index (χ0v) is 12.9. The molecule has 1 heterocycles. The van der Waals surface area contributed by atoms with Gasteiger partial charge in [0.25, 0.3) is 5.91 Å². The molecule has 4 heteroatoms. The highest BCUT2D eigenvalue weighted by molar-refractivity contribution is 6.30. The number of pyridine rings is 1. The van der Waals surface area contributed by atoms with E-state index < -0.39 is 0 Å². The molecular formula is C18H15ClN2O. The molecule has 0 aliphatic carbocycles. The Labute approximate surface area is 134 Å². The fourth-order valence-corrected chi connectivity index (χ4v) is 2.57. The molecule has 3 nitrogen and oxygen atoms in total. The molecule has 0 N–H and O–H groups in total. The van der Waals surface area contributed by atoms with Gasteiger partial charge in [-0.3, -0.25) is 4.79 Å². The van der Waals surface area contributed by atoms with Crippen LogP contribution in [0, 0.1) is 0 Å². The predicted molar refractivity (Wildman–Crippen MR) is 89.0 cm³/mol. The number of nitrogens with zero attached hydrogens (tertiary/aromatic N) is 2. The van der Waals surface area contributed by atoms with Gasteiger partial charge in [-0.1, -0.05) is 48.0 Å². The number of benzene rings is 2. The van der Waals surface area contributed by atoms with Crippen molar-refractivity contribution in [2.24, 2.45) is 0 Å². The normalized spacial score (nSPS) is 10.6. The lowest BCUT2D eigenvalue weighted by atomic mass is 10.2. The van der Waals surface area contributed by atoms with Crippen molar-refractivity contribution < 1.29 is 4.79 Å². The molecule has 3 aromatic rings. The third kappa shape index (κ3) is 3.10. The van der Waals surface area contributed by atoms with Gasteiger partial charge in [0.2, 0.25) is 0 Å². The zero-order valence-electron chi connectivity index (χ0n) is 12.2. The Kier molecular flexibility index (Phi) is 4.07. The van der Waals surface area contributed by atoms with Crippen molar-refractivity contribution in [3.63, 3.8) is 0 Å². The summed E-state index contributed by atoms with van der Waals surface area (Å²) in [6.07, 6.45) is 0. The molecule has 0 saturated carbocycles. The van der Waals surface area contributed by atoms with Crippen LogP contribution in [0.1, 0.15) is 16.1 Å². The van der Waals surface area contributed by atoms with E-state index in [1.54, 1.807) is 18.0 Å². The number of fused-ring (bicyclic) bond motifs is 1. The first-order chi connectivity index (χ1) is 10.6. The molecule has 0 radical (unpaired) electrons. The molecule has 0 unspecified atom stereocenters. The van der Waals surface area contributed by atoms with E-state index in [0.717, 1.165) is 16.5 Å². The third-order valence-electron chi connectivity index (χ3n) is 3.47. The van der Waals surface area contributed by atoms with E-state index in [4.69, 9.17) is 11.6 Å². The van der Waals surface area contributed by atoms with Crippen LogP contribution in [-0.2, 0) is 6.54 Å². The lowest BCUT2D eigenvalue weighted by Gasteiger charge is -2.17. The summed E-state index contributed by atoms with van der Waals surface area (Å²) in [5.74, 6) is -0.106. The maximum Gasteiger partial charge on any atom is 0.272 e. The second-order valence-corrected chi connectivity index (χ2v) is 5.62. The molecule has 22 heavy (non-hydrogen) atoms. The van der Waals surface area contributed by atoms with Gasteiger partial charge < -0.3 is 4.90 Å². The number of amides is 1. The molecule has 0 fully saturated rings. The quantitative estimate of drug-likeness (QED) is 0.727. The van der Waals surface area contributed by atoms with E-state index in [-0.39, 0.29) is 5.91 Å². The third-order valence-corrected chi connectivity index (χ3v) is 3.71. The minimum absolute atomic E-state index is 0.106. The molecule has 1 amide bonds. The average Bonchev–Trinajstić information content (AvgIpc) is 2.53. The highest BCUT2D eigenvalue weighted by Crippen LogP contribution is 2.15. The number of halogens is 1. The van der Waals surface area contributed by atoms with Crippen molar-refractivity contribution in [1.82, 2.24) is 9.88 Å². The molecule has 0 bridgehead atoms. The summed E-state index contributed by atoms with van der Waals surface area (Å²) in [6.45, 7) is 0.494. The van der Waals surface area contributed by atoms with Crippen LogP contribution in [0.4, 0.5) is 0 Å². The molecule has 110 valence electrons. The Hall–Kier alpha value is -2.39. The number of aromatic nitrogens is 1. The van der Waals surface area contributed by atoms with Gasteiger partial charge in [-0.25, -0.2) is 4.98 Å². The van der Waals surface area contributed by atoms with Crippen LogP contribution in [0.15, 0.2) is 60.7 Å². The number of para-hydroxylation sites is 1. The molecule has 3 rings (SSSR count). The molecule has 0 aliphatic heterocycles. The number of hydrogen-bond donors (Lipinski definition) is 0. The second-order valence-electron chi connectivity index (χ2n) is 5.18. The fraction of sp³-hybridized carbons (Fsp3) is 0.111. The summed E-state index contributed by atoms with van der Waals surface area (Å²) in [5.41, 5.74) is 2.26. The molecule has 1 aromatic heterocycles. The summed E-state index contributed by atoms with van der Waals surface area (Å²) in [4.78, 5) is 18.6. The monoisotopic (exact) mass is 310 g/mol. The van der Waals surface area contributed by atoms with Gasteiger partial charge in [-0.2, -0.15) is 0 Å². The van der Waals surface area contributed by atoms with Gasteiger partial charge in [0, 0.05) is 24.0 Å². The lowest BCUT2D eigenvalue weighted by molar-refractivity contribution is 0.0779. The lowest BCUT2D eigenvalue weighted by Crippen LogP contribution is -2.27. The van der Waals surface area contributed by atoms with Gasteiger partial charge in [-0.15, -0.1) is 0 Å². The Morgan fingerprint density at radius 1 is 1.09 bits per heavy atom. The largest absolute Gasteiger partial charge is 0.336 e. The van der Waals surface area contributed by atoms with Gasteiger partial charge in [0.1, 0.15) is 5.69 Å². The SMILES string of the molecule is CN(Cc1cccc(Cl)c1)C(=O)c1ccc2ccccc2n1. The molecule has 0 aliphatic rings. The molecular weight excluding hydrogens is 296 g/mol. The summed E-state index contributed by atoms with van der Waals surface area (Å²) >= 11 is 5.97. The summed E-state index contributed by atoms with van der Waals surface area (Å²) in [7, 11) is 1.76. The first kappa shape index (κ1) is 14.5. The minimum Gasteiger partial charge on any atom is -0.336 e. The Morgan fingerprint density at radius 2 is 1.91 bits per heavy atom. The van der Waals surface area contributed by atoms with Crippen LogP contribution in [0.25, 0.3) is 10.9 Å². The summed E-state index contributed by atoms with van der Waals surface area (Å²) in [6, 6.07) is 18.9. The highest BCUT2D eigenvalue weighted by Gasteiger charge is 2.14. The first-order valence-electron chi connectivity index (χ1n) is 6.99. The Bertz CT molecular complexity index is 832. The van der Waals surface area contributed by atoms with E-state index in [1.165, 1.54) is 0 Å². The van der Waals surface area contributed by atoms with Crippen LogP contribution < -0.4 is 0 Å². The fourth-order valence-electron chi connectivity index (χ4n) is 2.36. The highest BCUT2D eigenvalue weighted by atomic mass is 35.5. The Morgan fingerprint density at radius 3 is 2.73 bits per heavy atom. The molecule has 0 spiro atoms. The second kappa shape index (κ2) is 6.16. The van der Waals surface area contributed by atoms with E-state index in [9.17, 15) is 4.79 Å². The van der Waals surface area contributed by atoms with Gasteiger partial charge in [0.15, 0.2) is 0 Å². The zero-order chi connectivity index (χ0) is 15.5. The maximum atomic E-state index is 12.5. The first-order valence-corrected chi connectivity index (χ1v) is 7.37. The van der Waals surface area contributed by atoms with Crippen LogP contribution >= 0.6 is 11.6 Å². The van der Waals surface area contributed by atoms with Crippen molar-refractivity contribution >= 4 is 28.4 Å². The smallest absolute Gasteiger partial charge is 0.272 e. The van der Waals surface area contributed by atoms with Crippen molar-refractivity contribution in [3.05, 3.63) is 76.9 Å². The number of hydrogen-bond acceptors (Lipinski definition) is 2. The predicted octanol–water partition coefficient (Wildman–Crippen LogP) is 4.16. The average molecular weight is 311 g/mol. The van der Waals surface area contributed by atoms with Crippen molar-refractivity contribution in [2.45, 2.75) is 6.54 Å². The minimum atomic E-state index is -0.106. The number of carbonyl (C=O) groups is 1. The summed E-state index contributed by atoms with van der Waals surface area (Å²) in [5, 5.41) is 1.69. The molecule has 2 aromatic carbocycles. The number of rotatable bonds is 3. The Balaban J connectivity index is 1.82. The molecule has 0 saturated heterocycles. The standard InChI is InChI=1S/C18H15ClN2O/c1-21(12-13-5-4-7-15(19)11-13)18(22)17-10-9-14-6-2-3-8-16(14)20-17/h2-11H,12H2,1H3. The van der Waals surface area contributed by atoms with Gasteiger partial charge in [0.05, 0.1) is 5.52 Å². The van der Waals surface area contributed by atoms with E-state index in [0.29, 0.717) is 17.3 Å². The molecule has 0 atom stereocenters. The van der Waals surface area contributed by atoms with E-state index in [2.05, 4.69) is 4.98 Å². The van der Waals surface area contributed by atoms with Crippen LogP contribution in [0.5, 0.6) is 0 Å². The van der Waals surface area contributed by atoms with Gasteiger partial charge in [-0.05, 0) is 29.8 Å². The van der Waals surface area contributed by atoms with Crippen LogP contribution in [0.3, 0.4) is 0 Å². The van der Waals surface area contributed by atoms with E-state index in [1.807, 2.05) is 54.6 Å². The van der Waals surface area contributed by atoms with Crippen LogP contribution in [0.2, 0.25) is 5.02 Å². The maximum absolute atomic E-state index is 12.5. The summed E-state index contributed by atoms with van der Waals surface area (Å²) < 4.78 is 0. The van der Waals surface area contributed by atoms with E-state index >= 15 is 0 Å².